The molecule has 0 fully saturated rings. The quantitative estimate of drug-likeness (QED) is 0.0720. The predicted octanol–water partition coefficient (Wildman–Crippen LogP) is 18.0. The topological polar surface area (TPSA) is 35.0 Å². The number of hydrogen-bond donors (Lipinski definition) is 0. The number of nitrogens with zero attached hydrogens (tertiary/aromatic N) is 2. The van der Waals surface area contributed by atoms with Crippen molar-refractivity contribution in [2.24, 2.45) is 0 Å². The van der Waals surface area contributed by atoms with Crippen LogP contribution >= 0.6 is 23.7 Å². The molecular weight excluding hydrogens is 1230 g/mol. The third-order valence-electron chi connectivity index (χ3n) is 12.9. The van der Waals surface area contributed by atoms with Gasteiger partial charge in [-0.25, -0.2) is 0 Å². The summed E-state index contributed by atoms with van der Waals surface area (Å²) in [7, 11) is -15.5. The van der Waals surface area contributed by atoms with Crippen LogP contribution in [0.4, 0.5) is 77.9 Å². The molecule has 3 heterocycles. The van der Waals surface area contributed by atoms with Crippen molar-refractivity contribution >= 4 is 77.3 Å². The van der Waals surface area contributed by atoms with Gasteiger partial charge < -0.3 is 4.74 Å². The zero-order valence-electron chi connectivity index (χ0n) is 42.5. The summed E-state index contributed by atoms with van der Waals surface area (Å²) in [5.41, 5.74) is 0.816. The van der Waals surface area contributed by atoms with Gasteiger partial charge in [0.15, 0.2) is 11.5 Å². The first kappa shape index (κ1) is 63.3. The summed E-state index contributed by atoms with van der Waals surface area (Å²) in [6.07, 6.45) is -18.6. The number of benzene rings is 7. The molecule has 0 aliphatic carbocycles. The Morgan fingerprint density at radius 2 is 0.622 bits per heavy atom. The van der Waals surface area contributed by atoms with Crippen molar-refractivity contribution in [3.05, 3.63) is 215 Å². The second-order valence-corrected chi connectivity index (χ2v) is 26.0. The monoisotopic (exact) mass is 1270 g/mol. The van der Waals surface area contributed by atoms with Gasteiger partial charge in [-0.1, -0.05) is 62.4 Å². The van der Waals surface area contributed by atoms with Crippen molar-refractivity contribution in [1.82, 2.24) is 9.97 Å². The van der Waals surface area contributed by atoms with Gasteiger partial charge >= 0.3 is 74.8 Å². The second kappa shape index (κ2) is 22.0. The third-order valence-corrected chi connectivity index (χ3v) is 18.4. The molecule has 436 valence electrons. The molecule has 2 aromatic heterocycles. The number of aromatic nitrogens is 2. The van der Waals surface area contributed by atoms with Crippen molar-refractivity contribution < 1.29 is 99.7 Å². The van der Waals surface area contributed by atoms with Gasteiger partial charge in [-0.05, 0) is 135 Å². The average Bonchev–Trinajstić information content (AvgIpc) is 2.74. The van der Waals surface area contributed by atoms with Crippen LogP contribution < -0.4 is 36.6 Å². The molecule has 10 rings (SSSR count). The first-order valence-electron chi connectivity index (χ1n) is 23.8. The SMILES string of the molecule is CC1(C)c2cccc([PH+](c3ccc(C(F)(F)F)cc3)c3ccc(C(F)(F)F)cc3)c2Oc2c([PH+](c3ccc(C(F)(F)F)cc3)c3ccc(C(F)(F)F)cc3)cccc21.Cc1ccc2ccc3ccc(C)nc3c2n1.F[P-](F)(F)(F)(F)F.[Cu+]. The fourth-order valence-electron chi connectivity index (χ4n) is 9.14. The number of para-hydroxylation sites is 2. The van der Waals surface area contributed by atoms with E-state index in [-0.39, 0.29) is 17.1 Å². The van der Waals surface area contributed by atoms with Crippen molar-refractivity contribution in [1.29, 1.82) is 0 Å². The molecule has 0 unspecified atom stereocenters. The Balaban J connectivity index is 0.000000332. The van der Waals surface area contributed by atoms with Crippen molar-refractivity contribution in [2.75, 3.05) is 0 Å². The van der Waals surface area contributed by atoms with Crippen LogP contribution in [0.5, 0.6) is 11.5 Å². The average molecular weight is 1270 g/mol. The molecule has 0 radical (unpaired) electrons. The van der Waals surface area contributed by atoms with E-state index in [0.717, 1.165) is 81.7 Å². The zero-order chi connectivity index (χ0) is 59.5. The Labute approximate surface area is 469 Å². The molecule has 0 atom stereocenters. The Morgan fingerprint density at radius 3 is 0.866 bits per heavy atom. The van der Waals surface area contributed by atoms with Crippen molar-refractivity contribution in [2.45, 2.75) is 57.8 Å². The van der Waals surface area contributed by atoms with Gasteiger partial charge in [-0.2, -0.15) is 52.7 Å². The van der Waals surface area contributed by atoms with Crippen LogP contribution in [0.15, 0.2) is 170 Å². The third kappa shape index (κ3) is 15.1. The molecule has 1 aliphatic rings. The molecule has 0 spiro atoms. The van der Waals surface area contributed by atoms with Crippen LogP contribution in [0.3, 0.4) is 0 Å². The summed E-state index contributed by atoms with van der Waals surface area (Å²) in [4.78, 5) is 9.16. The van der Waals surface area contributed by atoms with Gasteiger partial charge in [-0.3, -0.25) is 9.97 Å². The largest absolute Gasteiger partial charge is 1.00 e. The predicted molar refractivity (Wildman–Crippen MR) is 285 cm³/mol. The number of ether oxygens (including phenoxy) is 1. The van der Waals surface area contributed by atoms with Gasteiger partial charge in [0.25, 0.3) is 0 Å². The van der Waals surface area contributed by atoms with Crippen LogP contribution in [0.25, 0.3) is 21.8 Å². The minimum absolute atomic E-state index is 0. The molecule has 25 heteroatoms. The molecule has 0 saturated heterocycles. The number of rotatable bonds is 6. The summed E-state index contributed by atoms with van der Waals surface area (Å²) in [6, 6.07) is 40.4. The number of aryl methyl sites for hydroxylation is 2. The fraction of sp³-hybridized carbons (Fsp3) is 0.158. The normalized spacial score (nSPS) is 14.2. The summed E-state index contributed by atoms with van der Waals surface area (Å²) in [6.45, 7) is 7.81. The van der Waals surface area contributed by atoms with Crippen LogP contribution in [0.2, 0.25) is 0 Å². The number of halogens is 18. The number of alkyl halides is 12. The maximum absolute atomic E-state index is 13.7. The first-order valence-corrected chi connectivity index (χ1v) is 28.9. The minimum atomic E-state index is -10.7. The summed E-state index contributed by atoms with van der Waals surface area (Å²) < 4.78 is 230. The first-order chi connectivity index (χ1) is 37.2. The Hall–Kier alpha value is -6.29. The molecule has 7 aromatic carbocycles. The van der Waals surface area contributed by atoms with Crippen LogP contribution in [-0.2, 0) is 47.2 Å². The van der Waals surface area contributed by atoms with E-state index in [1.165, 1.54) is 48.5 Å². The molecule has 3 nitrogen and oxygen atoms in total. The van der Waals surface area contributed by atoms with Crippen LogP contribution in [0, 0.1) is 13.8 Å². The molecule has 0 amide bonds. The van der Waals surface area contributed by atoms with E-state index < -0.39 is 76.0 Å². The van der Waals surface area contributed by atoms with Gasteiger partial charge in [0.2, 0.25) is 0 Å². The second-order valence-electron chi connectivity index (χ2n) is 19.2. The minimum Gasteiger partial charge on any atom is 1.00 e. The van der Waals surface area contributed by atoms with E-state index in [1.807, 2.05) is 39.8 Å². The summed E-state index contributed by atoms with van der Waals surface area (Å²) in [5.74, 6) is 0.588. The molecule has 0 saturated carbocycles. The standard InChI is InChI=1S/C43H28F12OP2.C14H12N2.Cu.F6P/c1-39(2)33-5-3-7-35(57(29-17-9-25(10-18-29)40(44,45)46)30-19-11-26(12-20-30)41(47,48)49)37(33)56-38-34(39)6-4-8-36(38)58(31-21-13-27(14-22-31)42(50,51)52)32-23-15-28(16-24-32)43(53,54)55;1-9-3-5-11-7-8-12-6-4-10(2)16-14(12)13(11)15-9;;1-7(2,3,4,5)6/h3-24H,1-2H3;3-8H,1-2H3;;/q;;+1;-1/p+2. The molecular formula is C57H42CuF18N2OP3+2. The van der Waals surface area contributed by atoms with Crippen molar-refractivity contribution in [3.8, 4) is 11.5 Å². The molecule has 0 N–H and O–H groups in total. The van der Waals surface area contributed by atoms with E-state index >= 15 is 0 Å². The summed E-state index contributed by atoms with van der Waals surface area (Å²) in [5, 5.41) is 4.92. The number of hydrogen-bond acceptors (Lipinski definition) is 3. The Bertz CT molecular complexity index is 3420. The molecule has 9 aromatic rings. The maximum atomic E-state index is 13.7. The van der Waals surface area contributed by atoms with E-state index in [4.69, 9.17) is 4.74 Å². The molecule has 1 aliphatic heterocycles. The van der Waals surface area contributed by atoms with Crippen LogP contribution in [-0.4, -0.2) is 9.97 Å². The smallest absolute Gasteiger partial charge is 1.00 e. The molecule has 0 bridgehead atoms. The molecule has 82 heavy (non-hydrogen) atoms. The van der Waals surface area contributed by atoms with Gasteiger partial charge in [0.05, 0.1) is 33.3 Å². The van der Waals surface area contributed by atoms with E-state index in [1.54, 1.807) is 36.4 Å². The van der Waals surface area contributed by atoms with E-state index in [2.05, 4.69) is 34.2 Å². The van der Waals surface area contributed by atoms with Gasteiger partial charge in [0, 0.05) is 38.7 Å². The van der Waals surface area contributed by atoms with E-state index in [0.29, 0.717) is 54.5 Å². The summed E-state index contributed by atoms with van der Waals surface area (Å²) >= 11 is 0. The van der Waals surface area contributed by atoms with E-state index in [9.17, 15) is 77.9 Å². The number of pyridine rings is 2. The maximum Gasteiger partial charge on any atom is 1.00 e. The van der Waals surface area contributed by atoms with Gasteiger partial charge in [-0.15, -0.1) is 0 Å². The Morgan fingerprint density at radius 1 is 0.378 bits per heavy atom. The van der Waals surface area contributed by atoms with Crippen molar-refractivity contribution in [3.63, 3.8) is 0 Å². The Kier molecular flexibility index (Phi) is 17.0. The fourth-order valence-corrected chi connectivity index (χ4v) is 14.4. The van der Waals surface area contributed by atoms with Crippen LogP contribution in [0.1, 0.15) is 58.6 Å². The number of fused-ring (bicyclic) bond motifs is 5. The zero-order valence-corrected chi connectivity index (χ0v) is 46.4. The van der Waals surface area contributed by atoms with Gasteiger partial charge in [0.1, 0.15) is 47.7 Å².